The molecular weight excluding hydrogens is 290 g/mol. The molecule has 2 unspecified atom stereocenters. The van der Waals surface area contributed by atoms with Crippen LogP contribution in [0.25, 0.3) is 0 Å². The van der Waals surface area contributed by atoms with Crippen LogP contribution in [0.4, 0.5) is 0 Å². The van der Waals surface area contributed by atoms with Gasteiger partial charge in [-0.1, -0.05) is 6.07 Å². The Kier molecular flexibility index (Phi) is 6.07. The van der Waals surface area contributed by atoms with E-state index in [1.54, 1.807) is 12.5 Å². The van der Waals surface area contributed by atoms with Crippen molar-refractivity contribution in [2.75, 3.05) is 19.3 Å². The Hall–Kier alpha value is -1.01. The summed E-state index contributed by atoms with van der Waals surface area (Å²) in [6, 6.07) is 3.87. The van der Waals surface area contributed by atoms with Gasteiger partial charge in [-0.05, 0) is 51.5 Å². The van der Waals surface area contributed by atoms with Crippen LogP contribution in [0.3, 0.4) is 0 Å². The minimum Gasteiger partial charge on any atom is -0.348 e. The summed E-state index contributed by atoms with van der Waals surface area (Å²) in [6.07, 6.45) is 3.42. The lowest BCUT2D eigenvalue weighted by Crippen LogP contribution is -2.28. The van der Waals surface area contributed by atoms with Gasteiger partial charge >= 0.3 is 0 Å². The molecule has 0 aromatic carbocycles. The largest absolute Gasteiger partial charge is 0.348 e. The fourth-order valence-corrected chi connectivity index (χ4v) is 3.69. The highest BCUT2D eigenvalue weighted by molar-refractivity contribution is 7.94. The van der Waals surface area contributed by atoms with Crippen LogP contribution in [-0.4, -0.2) is 38.6 Å². The van der Waals surface area contributed by atoms with Crippen molar-refractivity contribution in [1.82, 2.24) is 9.88 Å². The van der Waals surface area contributed by atoms with Gasteiger partial charge in [0.1, 0.15) is 0 Å². The zero-order chi connectivity index (χ0) is 15.3. The summed E-state index contributed by atoms with van der Waals surface area (Å²) in [4.78, 5) is 6.18. The molecule has 0 aliphatic heterocycles. The minimum atomic E-state index is -2.44. The van der Waals surface area contributed by atoms with Gasteiger partial charge in [0.05, 0.1) is 15.0 Å². The Bertz CT molecular complexity index is 571. The van der Waals surface area contributed by atoms with Crippen LogP contribution in [-0.2, 0) is 9.73 Å². The Labute approximate surface area is 127 Å². The van der Waals surface area contributed by atoms with Crippen LogP contribution < -0.4 is 0 Å². The quantitative estimate of drug-likeness (QED) is 0.801. The second-order valence-corrected chi connectivity index (χ2v) is 7.76. The van der Waals surface area contributed by atoms with Gasteiger partial charge in [-0.25, -0.2) is 4.21 Å². The molecule has 0 spiro atoms. The molecule has 0 aliphatic carbocycles. The van der Waals surface area contributed by atoms with E-state index >= 15 is 0 Å². The Morgan fingerprint density at radius 1 is 1.45 bits per heavy atom. The number of hydrogen-bond acceptors (Lipinski definition) is 3. The summed E-state index contributed by atoms with van der Waals surface area (Å²) in [5.41, 5.74) is 1.87. The van der Waals surface area contributed by atoms with Gasteiger partial charge in [-0.3, -0.25) is 4.98 Å². The molecule has 112 valence electrons. The topological polar surface area (TPSA) is 45.6 Å². The summed E-state index contributed by atoms with van der Waals surface area (Å²) in [5, 5.41) is 0.221. The first-order chi connectivity index (χ1) is 9.31. The van der Waals surface area contributed by atoms with Crippen LogP contribution in [0.5, 0.6) is 0 Å². The van der Waals surface area contributed by atoms with E-state index in [-0.39, 0.29) is 5.25 Å². The van der Waals surface area contributed by atoms with E-state index in [4.69, 9.17) is 12.2 Å². The molecule has 6 heteroatoms. The third kappa shape index (κ3) is 4.24. The number of pyridine rings is 1. The number of nitrogens with zero attached hydrogens (tertiary/aromatic N) is 3. The third-order valence-electron chi connectivity index (χ3n) is 3.35. The maximum absolute atomic E-state index is 12.8. The lowest BCUT2D eigenvalue weighted by molar-refractivity contribution is 0.470. The average molecular weight is 313 g/mol. The molecule has 0 fully saturated rings. The van der Waals surface area contributed by atoms with E-state index in [9.17, 15) is 4.21 Å². The van der Waals surface area contributed by atoms with Crippen molar-refractivity contribution in [2.24, 2.45) is 4.36 Å². The highest BCUT2D eigenvalue weighted by atomic mass is 32.2. The Morgan fingerprint density at radius 2 is 2.05 bits per heavy atom. The summed E-state index contributed by atoms with van der Waals surface area (Å²) in [6.45, 7) is 9.40. The standard InChI is InChI=1S/C14H23N3OS2/c1-6-17(7-2)14(19)16-20(5,18)12(4)13-9-8-11(3)15-10-13/h8-10,12H,6-7H2,1-5H3. The zero-order valence-electron chi connectivity index (χ0n) is 12.8. The SMILES string of the molecule is CCN(CC)C(=S)N=S(C)(=O)C(C)c1ccc(C)nc1. The molecule has 1 aromatic rings. The Morgan fingerprint density at radius 3 is 2.50 bits per heavy atom. The van der Waals surface area contributed by atoms with Gasteiger partial charge in [0.25, 0.3) is 0 Å². The normalized spacial score (nSPS) is 15.2. The Balaban J connectivity index is 3.05. The monoisotopic (exact) mass is 313 g/mol. The second-order valence-electron chi connectivity index (χ2n) is 4.78. The van der Waals surface area contributed by atoms with Gasteiger partial charge in [0, 0.05) is 31.2 Å². The van der Waals surface area contributed by atoms with Crippen molar-refractivity contribution in [1.29, 1.82) is 0 Å². The van der Waals surface area contributed by atoms with Crippen LogP contribution in [0, 0.1) is 6.92 Å². The van der Waals surface area contributed by atoms with Crippen molar-refractivity contribution in [2.45, 2.75) is 32.9 Å². The molecule has 0 amide bonds. The first-order valence-electron chi connectivity index (χ1n) is 6.74. The van der Waals surface area contributed by atoms with E-state index < -0.39 is 9.73 Å². The summed E-state index contributed by atoms with van der Waals surface area (Å²) in [7, 11) is -2.44. The maximum Gasteiger partial charge on any atom is 0.204 e. The highest BCUT2D eigenvalue weighted by Crippen LogP contribution is 2.22. The molecule has 1 rings (SSSR count). The number of rotatable bonds is 4. The van der Waals surface area contributed by atoms with Crippen molar-refractivity contribution >= 4 is 27.1 Å². The molecule has 0 aliphatic rings. The van der Waals surface area contributed by atoms with E-state index in [1.807, 2.05) is 44.7 Å². The van der Waals surface area contributed by atoms with Crippen LogP contribution in [0.15, 0.2) is 22.7 Å². The number of aromatic nitrogens is 1. The molecule has 0 radical (unpaired) electrons. The predicted molar refractivity (Wildman–Crippen MR) is 89.4 cm³/mol. The predicted octanol–water partition coefficient (Wildman–Crippen LogP) is 3.18. The lowest BCUT2D eigenvalue weighted by Gasteiger charge is -2.20. The first-order valence-corrected chi connectivity index (χ1v) is 9.13. The zero-order valence-corrected chi connectivity index (χ0v) is 14.4. The molecule has 20 heavy (non-hydrogen) atoms. The molecule has 1 aromatic heterocycles. The molecule has 0 bridgehead atoms. The van der Waals surface area contributed by atoms with E-state index in [2.05, 4.69) is 9.35 Å². The van der Waals surface area contributed by atoms with Crippen molar-refractivity contribution < 1.29 is 4.21 Å². The van der Waals surface area contributed by atoms with Crippen molar-refractivity contribution in [3.63, 3.8) is 0 Å². The summed E-state index contributed by atoms with van der Waals surface area (Å²) >= 11 is 5.28. The van der Waals surface area contributed by atoms with E-state index in [0.717, 1.165) is 24.3 Å². The maximum atomic E-state index is 12.8. The second kappa shape index (κ2) is 7.13. The lowest BCUT2D eigenvalue weighted by atomic mass is 10.2. The fourth-order valence-electron chi connectivity index (χ4n) is 1.76. The van der Waals surface area contributed by atoms with Gasteiger partial charge in [-0.2, -0.15) is 4.36 Å². The first kappa shape index (κ1) is 17.0. The van der Waals surface area contributed by atoms with Gasteiger partial charge < -0.3 is 4.90 Å². The highest BCUT2D eigenvalue weighted by Gasteiger charge is 2.18. The fraction of sp³-hybridized carbons (Fsp3) is 0.571. The molecule has 4 nitrogen and oxygen atoms in total. The number of thiocarbonyl (C=S) groups is 1. The van der Waals surface area contributed by atoms with Crippen LogP contribution >= 0.6 is 12.2 Å². The smallest absolute Gasteiger partial charge is 0.204 e. The molecule has 0 N–H and O–H groups in total. The summed E-state index contributed by atoms with van der Waals surface area (Å²) in [5.74, 6) is 0. The molecule has 0 saturated heterocycles. The van der Waals surface area contributed by atoms with Gasteiger partial charge in [-0.15, -0.1) is 0 Å². The molecule has 0 saturated carbocycles. The minimum absolute atomic E-state index is 0.205. The average Bonchev–Trinajstić information content (AvgIpc) is 2.39. The third-order valence-corrected chi connectivity index (χ3v) is 5.94. The van der Waals surface area contributed by atoms with Crippen molar-refractivity contribution in [3.8, 4) is 0 Å². The van der Waals surface area contributed by atoms with E-state index in [1.165, 1.54) is 0 Å². The van der Waals surface area contributed by atoms with Gasteiger partial charge in [0.2, 0.25) is 5.11 Å². The van der Waals surface area contributed by atoms with Crippen LogP contribution in [0.2, 0.25) is 0 Å². The number of aryl methyl sites for hydroxylation is 1. The van der Waals surface area contributed by atoms with Crippen molar-refractivity contribution in [3.05, 3.63) is 29.6 Å². The molecule has 1 heterocycles. The van der Waals surface area contributed by atoms with Gasteiger partial charge in [0.15, 0.2) is 0 Å². The number of hydrogen-bond donors (Lipinski definition) is 0. The van der Waals surface area contributed by atoms with E-state index in [0.29, 0.717) is 5.11 Å². The summed E-state index contributed by atoms with van der Waals surface area (Å²) < 4.78 is 17.1. The molecular formula is C14H23N3OS2. The molecule has 2 atom stereocenters. The van der Waals surface area contributed by atoms with Crippen LogP contribution in [0.1, 0.15) is 37.3 Å².